The van der Waals surface area contributed by atoms with Gasteiger partial charge in [-0.2, -0.15) is 10.2 Å². The van der Waals surface area contributed by atoms with Crippen molar-refractivity contribution in [3.8, 4) is 0 Å². The van der Waals surface area contributed by atoms with Crippen LogP contribution in [0.4, 0.5) is 32.1 Å². The Morgan fingerprint density at radius 3 is 1.70 bits per heavy atom. The van der Waals surface area contributed by atoms with Crippen molar-refractivity contribution in [1.29, 1.82) is 0 Å². The molecule has 1 saturated heterocycles. The van der Waals surface area contributed by atoms with E-state index in [1.165, 1.54) is 18.5 Å². The Kier molecular flexibility index (Phi) is 18.7. The molecule has 18 nitrogen and oxygen atoms in total. The van der Waals surface area contributed by atoms with Crippen LogP contribution in [0.2, 0.25) is 61.4 Å². The number of hydrogen-bond acceptors (Lipinski definition) is 16. The first-order valence-corrected chi connectivity index (χ1v) is 38.4. The van der Waals surface area contributed by atoms with Gasteiger partial charge in [0.05, 0.1) is 45.5 Å². The zero-order valence-electron chi connectivity index (χ0n) is 51.6. The monoisotopic (exact) mass is 1270 g/mol. The molecule has 2 aromatic carbocycles. The summed E-state index contributed by atoms with van der Waals surface area (Å²) >= 11 is 12.1. The molecule has 0 unspecified atom stereocenters. The second-order valence-electron chi connectivity index (χ2n) is 27.1. The lowest BCUT2D eigenvalue weighted by atomic mass is 9.75. The largest absolute Gasteiger partial charge is 0.390 e. The number of nitrogens with two attached hydrogens (primary N) is 3. The van der Waals surface area contributed by atoms with E-state index in [-0.39, 0.29) is 57.0 Å². The lowest BCUT2D eigenvalue weighted by Gasteiger charge is -2.34. The lowest BCUT2D eigenvalue weighted by molar-refractivity contribution is -0.168. The Hall–Kier alpha value is -5.67. The number of rotatable bonds is 21. The number of halogens is 4. The van der Waals surface area contributed by atoms with Crippen molar-refractivity contribution in [3.63, 3.8) is 0 Å². The Balaban J connectivity index is 0.000000211. The van der Waals surface area contributed by atoms with Gasteiger partial charge in [0.25, 0.3) is 0 Å². The number of nitrogens with zero attached hydrogens (tertiary/aromatic N) is 9. The smallest absolute Gasteiger partial charge is 0.163 e. The summed E-state index contributed by atoms with van der Waals surface area (Å²) in [6.45, 7) is 24.5. The quantitative estimate of drug-likeness (QED) is 0.0255. The third-order valence-electron chi connectivity index (χ3n) is 18.3. The van der Waals surface area contributed by atoms with Crippen molar-refractivity contribution in [3.05, 3.63) is 118 Å². The molecule has 24 heteroatoms. The Morgan fingerprint density at radius 1 is 0.667 bits per heavy atom. The second-order valence-corrected chi connectivity index (χ2v) is 39.1. The van der Waals surface area contributed by atoms with Crippen molar-refractivity contribution < 1.29 is 37.9 Å². The van der Waals surface area contributed by atoms with Crippen molar-refractivity contribution in [2.45, 2.75) is 172 Å². The third-order valence-corrected chi connectivity index (χ3v) is 22.4. The Morgan fingerprint density at radius 2 is 1.16 bits per heavy atom. The van der Waals surface area contributed by atoms with Crippen LogP contribution in [0.25, 0.3) is 32.8 Å². The first-order chi connectivity index (χ1) is 41.1. The van der Waals surface area contributed by atoms with Gasteiger partial charge in [-0.15, -0.1) is 0 Å². The fourth-order valence-corrected chi connectivity index (χ4v) is 15.0. The van der Waals surface area contributed by atoms with Gasteiger partial charge in [0, 0.05) is 68.8 Å². The summed E-state index contributed by atoms with van der Waals surface area (Å²) in [7, 11) is -2.49. The van der Waals surface area contributed by atoms with E-state index in [0.717, 1.165) is 65.2 Å². The van der Waals surface area contributed by atoms with Gasteiger partial charge in [0.2, 0.25) is 0 Å². The van der Waals surface area contributed by atoms with Gasteiger partial charge in [-0.3, -0.25) is 0 Å². The van der Waals surface area contributed by atoms with Crippen molar-refractivity contribution in [2.75, 3.05) is 48.8 Å². The molecule has 0 radical (unpaired) electrons. The molecule has 2 aliphatic carbocycles. The molecule has 87 heavy (non-hydrogen) atoms. The predicted octanol–water partition coefficient (Wildman–Crippen LogP) is 12.6. The summed E-state index contributed by atoms with van der Waals surface area (Å²) in [4.78, 5) is 19.5. The van der Waals surface area contributed by atoms with E-state index in [1.54, 1.807) is 29.0 Å². The van der Waals surface area contributed by atoms with Crippen molar-refractivity contribution >= 4 is 95.5 Å². The molecule has 8 aromatic rings. The number of aromatic nitrogens is 8. The average Bonchev–Trinajstić information content (AvgIpc) is 1.65. The van der Waals surface area contributed by atoms with Crippen LogP contribution >= 0.6 is 23.2 Å². The predicted molar refractivity (Wildman–Crippen MR) is 346 cm³/mol. The van der Waals surface area contributed by atoms with Crippen LogP contribution in [-0.4, -0.2) is 122 Å². The number of fused-ring (bicyclic) bond motifs is 5. The maximum absolute atomic E-state index is 15.3. The number of aliphatic hydroxyl groups excluding tert-OH is 2. The van der Waals surface area contributed by atoms with Gasteiger partial charge >= 0.3 is 0 Å². The van der Waals surface area contributed by atoms with Crippen LogP contribution in [-0.2, 0) is 31.8 Å². The molecular formula is C63H84Cl2F2N12O6Si2. The molecule has 11 rings (SSSR count). The molecule has 3 fully saturated rings. The van der Waals surface area contributed by atoms with Crippen LogP contribution in [0.15, 0.2) is 73.3 Å². The highest BCUT2D eigenvalue weighted by atomic mass is 35.5. The molecule has 468 valence electrons. The molecule has 1 aliphatic heterocycles. The van der Waals surface area contributed by atoms with Gasteiger partial charge < -0.3 is 51.3 Å². The zero-order chi connectivity index (χ0) is 62.5. The Labute approximate surface area is 519 Å². The summed E-state index contributed by atoms with van der Waals surface area (Å²) in [5.41, 5.74) is 22.9. The maximum atomic E-state index is 15.3. The van der Waals surface area contributed by atoms with E-state index in [9.17, 15) is 14.6 Å². The highest BCUT2D eigenvalue weighted by Gasteiger charge is 2.61. The number of ether oxygens (including phenoxy) is 4. The first-order valence-electron chi connectivity index (χ1n) is 30.2. The lowest BCUT2D eigenvalue weighted by Crippen LogP contribution is -2.36. The summed E-state index contributed by atoms with van der Waals surface area (Å²) in [5, 5.41) is 32.4. The SMILES string of the molecule is CC[C@]1(CCc2cc(F)c3cc(Cl)c(N)nc3c2)C[C@@H](c2ccc3c(N(COCC[Si](C)(C)C)COCC[Si](C)(C)C)ncnn23)[C@@H]2OC(C)(C)O[C@@H]21.CC[C@]1(CCc2cc(F)c3cc(Cl)c(N)nc3c2)C[C@@H](c2ccc3c(N)ncnn23)[C@H](O)[C@@H]1O. The minimum Gasteiger partial charge on any atom is -0.390 e. The maximum Gasteiger partial charge on any atom is 0.163 e. The van der Waals surface area contributed by atoms with Crippen molar-refractivity contribution in [2.24, 2.45) is 10.8 Å². The molecule has 8 N–H and O–H groups in total. The minimum atomic E-state index is -1.25. The molecular weight excluding hydrogens is 1190 g/mol. The summed E-state index contributed by atoms with van der Waals surface area (Å²) in [6.07, 6.45) is 6.19. The van der Waals surface area contributed by atoms with E-state index >= 15 is 4.39 Å². The second kappa shape index (κ2) is 25.3. The fourth-order valence-electron chi connectivity index (χ4n) is 13.2. The number of aryl methyl sites for hydroxylation is 2. The molecule has 0 bridgehead atoms. The number of benzene rings is 2. The van der Waals surface area contributed by atoms with Gasteiger partial charge in [-0.05, 0) is 155 Å². The van der Waals surface area contributed by atoms with Crippen LogP contribution in [0.1, 0.15) is 101 Å². The van der Waals surface area contributed by atoms with Crippen LogP contribution < -0.4 is 22.1 Å². The number of aliphatic hydroxyl groups is 2. The number of pyridine rings is 2. The molecule has 7 heterocycles. The topological polar surface area (TPSA) is 245 Å². The summed E-state index contributed by atoms with van der Waals surface area (Å²) < 4.78 is 59.7. The minimum absolute atomic E-state index is 0.0124. The molecule has 0 amide bonds. The zero-order valence-corrected chi connectivity index (χ0v) is 55.1. The summed E-state index contributed by atoms with van der Waals surface area (Å²) in [5.74, 6) is -0.360. The van der Waals surface area contributed by atoms with E-state index in [4.69, 9.17) is 69.4 Å². The normalized spacial score (nSPS) is 23.7. The molecule has 2 saturated carbocycles. The number of hydrogen-bond donors (Lipinski definition) is 5. The third kappa shape index (κ3) is 13.6. The van der Waals surface area contributed by atoms with Gasteiger partial charge in [-0.25, -0.2) is 37.7 Å². The highest BCUT2D eigenvalue weighted by molar-refractivity contribution is 6.76. The number of nitrogen functional groups attached to an aromatic ring is 3. The van der Waals surface area contributed by atoms with Gasteiger partial charge in [0.15, 0.2) is 17.4 Å². The van der Waals surface area contributed by atoms with Crippen molar-refractivity contribution in [1.82, 2.24) is 39.2 Å². The molecule has 6 aromatic heterocycles. The van der Waals surface area contributed by atoms with E-state index in [1.807, 2.05) is 43.5 Å². The van der Waals surface area contributed by atoms with E-state index in [0.29, 0.717) is 91.9 Å². The summed E-state index contributed by atoms with van der Waals surface area (Å²) in [6, 6.07) is 19.9. The van der Waals surface area contributed by atoms with E-state index < -0.39 is 45.4 Å². The average molecular weight is 1270 g/mol. The van der Waals surface area contributed by atoms with E-state index in [2.05, 4.69) is 83.3 Å². The van der Waals surface area contributed by atoms with Gasteiger partial charge in [0.1, 0.15) is 60.4 Å². The number of anilines is 4. The van der Waals surface area contributed by atoms with Crippen LogP contribution in [0.3, 0.4) is 0 Å². The fraction of sp³-hybridized carbons (Fsp3) is 0.524. The first kappa shape index (κ1) is 64.3. The molecule has 8 atom stereocenters. The molecule has 3 aliphatic rings. The molecule has 0 spiro atoms. The standard InChI is InChI=1S/C39H58ClFN6O4Si2.C24H26ClFN6O2/c1-10-39(14-13-26-19-30(41)27-21-29(40)36(42)45-31(27)20-26)22-28(34-35(39)51-38(2,3)50-34)32-11-12-33-37(43-23-44-47(32)33)46(24-48-15-17-52(4,5)6)25-49-16-18-53(7,8)9;1-2-24(6-5-12-7-16(26)13-9-15(25)22(27)31-17(13)8-12)10-14(20(33)21(24)34)18-3-4-19-23(28)29-11-30-32(18)19/h11-12,19-21,23,28,34-35H,10,13-18,22,24-25H2,1-9H3,(H2,42,45);3-4,7-9,11,14,20-21,33-34H,2,5-6,10H2,1H3,(H2,27,31)(H2,28,29,30)/t28-,34-,35-,39-;14-,20-,21-,24-/m00/s1. The Bertz CT molecular complexity index is 3770. The van der Waals surface area contributed by atoms with Crippen LogP contribution in [0.5, 0.6) is 0 Å². The highest BCUT2D eigenvalue weighted by Crippen LogP contribution is 2.59. The van der Waals surface area contributed by atoms with Crippen LogP contribution in [0, 0.1) is 22.5 Å². The van der Waals surface area contributed by atoms with Gasteiger partial charge in [-0.1, -0.05) is 76.3 Å².